The summed E-state index contributed by atoms with van der Waals surface area (Å²) in [5.74, 6) is -0.269. The van der Waals surface area contributed by atoms with Gasteiger partial charge in [-0.15, -0.1) is 0 Å². The summed E-state index contributed by atoms with van der Waals surface area (Å²) < 4.78 is 1.19. The third-order valence-electron chi connectivity index (χ3n) is 2.67. The highest BCUT2D eigenvalue weighted by Gasteiger charge is 2.07. The van der Waals surface area contributed by atoms with Crippen molar-refractivity contribution in [1.82, 2.24) is 25.6 Å². The summed E-state index contributed by atoms with van der Waals surface area (Å²) in [5, 5.41) is 14.4. The van der Waals surface area contributed by atoms with Crippen molar-refractivity contribution in [1.29, 1.82) is 0 Å². The van der Waals surface area contributed by atoms with Crippen molar-refractivity contribution < 1.29 is 4.79 Å². The molecule has 3 N–H and O–H groups in total. The van der Waals surface area contributed by atoms with E-state index < -0.39 is 0 Å². The van der Waals surface area contributed by atoms with Crippen molar-refractivity contribution in [2.75, 3.05) is 5.73 Å². The highest BCUT2D eigenvalue weighted by atomic mass is 16.2. The number of nitrogens with two attached hydrogens (primary N) is 1. The zero-order chi connectivity index (χ0) is 14.5. The van der Waals surface area contributed by atoms with Crippen molar-refractivity contribution in [2.45, 2.75) is 20.4 Å². The van der Waals surface area contributed by atoms with Crippen molar-refractivity contribution >= 4 is 17.6 Å². The number of nitrogens with one attached hydrogen (secondary N) is 1. The van der Waals surface area contributed by atoms with Crippen LogP contribution in [0.4, 0.5) is 5.95 Å². The molecular weight excluding hydrogens is 258 g/mol. The Morgan fingerprint density at radius 1 is 1.40 bits per heavy atom. The van der Waals surface area contributed by atoms with Crippen LogP contribution < -0.4 is 11.2 Å². The van der Waals surface area contributed by atoms with Gasteiger partial charge in [-0.3, -0.25) is 4.79 Å². The molecular formula is C12H15N7O. The molecule has 0 bridgehead atoms. The van der Waals surface area contributed by atoms with Gasteiger partial charge < -0.3 is 5.73 Å². The number of carbonyl (C=O) groups excluding carboxylic acids is 1. The molecule has 0 saturated carbocycles. The molecule has 0 unspecified atom stereocenters. The Balaban J connectivity index is 1.96. The number of benzene rings is 1. The second kappa shape index (κ2) is 5.91. The predicted molar refractivity (Wildman–Crippen MR) is 73.8 cm³/mol. The molecule has 1 aromatic heterocycles. The van der Waals surface area contributed by atoms with Gasteiger partial charge in [0.15, 0.2) is 0 Å². The largest absolute Gasteiger partial charge is 0.367 e. The maximum absolute atomic E-state index is 11.7. The Labute approximate surface area is 115 Å². The van der Waals surface area contributed by atoms with E-state index in [0.29, 0.717) is 5.71 Å². The van der Waals surface area contributed by atoms with Crippen LogP contribution in [0.25, 0.3) is 0 Å². The average molecular weight is 273 g/mol. The zero-order valence-corrected chi connectivity index (χ0v) is 11.2. The molecule has 0 radical (unpaired) electrons. The fourth-order valence-corrected chi connectivity index (χ4v) is 1.50. The van der Waals surface area contributed by atoms with Gasteiger partial charge in [0.05, 0.1) is 5.71 Å². The first-order chi connectivity index (χ1) is 9.56. The molecule has 0 saturated heterocycles. The van der Waals surface area contributed by atoms with Gasteiger partial charge in [-0.1, -0.05) is 34.9 Å². The molecule has 8 nitrogen and oxygen atoms in total. The number of aromatic nitrogens is 4. The standard InChI is InChI=1S/C12H15N7O/c1-8-3-5-10(6-4-8)9(2)14-15-11(20)7-19-12(13)16-17-18-19/h3-6H,7H2,1-2H3,(H,15,20)(H2,13,16,18). The number of aryl methyl sites for hydroxylation is 1. The second-order valence-corrected chi connectivity index (χ2v) is 4.29. The van der Waals surface area contributed by atoms with Crippen LogP contribution in [0.5, 0.6) is 0 Å². The molecule has 1 amide bonds. The van der Waals surface area contributed by atoms with E-state index in [9.17, 15) is 4.79 Å². The Morgan fingerprint density at radius 2 is 2.10 bits per heavy atom. The smallest absolute Gasteiger partial charge is 0.262 e. The minimum absolute atomic E-state index is 0.0799. The quantitative estimate of drug-likeness (QED) is 0.606. The van der Waals surface area contributed by atoms with Crippen molar-refractivity contribution in [3.63, 3.8) is 0 Å². The number of tetrazole rings is 1. The lowest BCUT2D eigenvalue weighted by Gasteiger charge is -2.03. The van der Waals surface area contributed by atoms with E-state index in [1.54, 1.807) is 0 Å². The maximum atomic E-state index is 11.7. The molecule has 0 fully saturated rings. The van der Waals surface area contributed by atoms with Crippen LogP contribution in [0.2, 0.25) is 0 Å². The molecule has 0 aliphatic heterocycles. The Bertz CT molecular complexity index is 630. The van der Waals surface area contributed by atoms with E-state index >= 15 is 0 Å². The lowest BCUT2D eigenvalue weighted by molar-refractivity contribution is -0.121. The fourth-order valence-electron chi connectivity index (χ4n) is 1.50. The summed E-state index contributed by atoms with van der Waals surface area (Å²) in [5.41, 5.74) is 10.7. The molecule has 104 valence electrons. The van der Waals surface area contributed by atoms with E-state index in [2.05, 4.69) is 26.1 Å². The zero-order valence-electron chi connectivity index (χ0n) is 11.2. The van der Waals surface area contributed by atoms with Gasteiger partial charge in [-0.2, -0.15) is 5.10 Å². The highest BCUT2D eigenvalue weighted by Crippen LogP contribution is 2.04. The first-order valence-corrected chi connectivity index (χ1v) is 5.98. The van der Waals surface area contributed by atoms with Gasteiger partial charge in [0, 0.05) is 0 Å². The minimum atomic E-state index is -0.351. The third-order valence-corrected chi connectivity index (χ3v) is 2.67. The summed E-state index contributed by atoms with van der Waals surface area (Å²) >= 11 is 0. The van der Waals surface area contributed by atoms with E-state index in [1.165, 1.54) is 10.2 Å². The number of hydrogen-bond donors (Lipinski definition) is 2. The first-order valence-electron chi connectivity index (χ1n) is 5.98. The van der Waals surface area contributed by atoms with Gasteiger partial charge in [-0.05, 0) is 29.8 Å². The Kier molecular flexibility index (Phi) is 4.04. The number of amides is 1. The summed E-state index contributed by atoms with van der Waals surface area (Å²) in [4.78, 5) is 11.7. The van der Waals surface area contributed by atoms with Crippen LogP contribution in [-0.4, -0.2) is 31.8 Å². The number of hydrazone groups is 1. The lowest BCUT2D eigenvalue weighted by Crippen LogP contribution is -2.25. The van der Waals surface area contributed by atoms with E-state index in [0.717, 1.165) is 5.56 Å². The number of nitrogen functional groups attached to an aromatic ring is 1. The van der Waals surface area contributed by atoms with Crippen LogP contribution in [0.15, 0.2) is 29.4 Å². The summed E-state index contributed by atoms with van der Waals surface area (Å²) in [6.45, 7) is 3.74. The maximum Gasteiger partial charge on any atom is 0.262 e. The van der Waals surface area contributed by atoms with Crippen molar-refractivity contribution in [3.05, 3.63) is 35.4 Å². The topological polar surface area (TPSA) is 111 Å². The van der Waals surface area contributed by atoms with Gasteiger partial charge in [-0.25, -0.2) is 10.1 Å². The molecule has 0 atom stereocenters. The highest BCUT2D eigenvalue weighted by molar-refractivity contribution is 5.99. The van der Waals surface area contributed by atoms with Gasteiger partial charge in [0.1, 0.15) is 6.54 Å². The van der Waals surface area contributed by atoms with Crippen LogP contribution in [0.1, 0.15) is 18.1 Å². The van der Waals surface area contributed by atoms with Crippen LogP contribution >= 0.6 is 0 Å². The van der Waals surface area contributed by atoms with Crippen LogP contribution in [0.3, 0.4) is 0 Å². The molecule has 0 aliphatic rings. The molecule has 20 heavy (non-hydrogen) atoms. The summed E-state index contributed by atoms with van der Waals surface area (Å²) in [6.07, 6.45) is 0. The summed E-state index contributed by atoms with van der Waals surface area (Å²) in [6, 6.07) is 7.86. The number of rotatable bonds is 4. The van der Waals surface area contributed by atoms with E-state index in [4.69, 9.17) is 5.73 Å². The number of anilines is 1. The van der Waals surface area contributed by atoms with E-state index in [1.807, 2.05) is 38.1 Å². The molecule has 2 rings (SSSR count). The Morgan fingerprint density at radius 3 is 2.70 bits per heavy atom. The molecule has 0 spiro atoms. The van der Waals surface area contributed by atoms with Crippen LogP contribution in [0, 0.1) is 6.92 Å². The van der Waals surface area contributed by atoms with Crippen molar-refractivity contribution in [3.8, 4) is 0 Å². The monoisotopic (exact) mass is 273 g/mol. The summed E-state index contributed by atoms with van der Waals surface area (Å²) in [7, 11) is 0. The van der Waals surface area contributed by atoms with Gasteiger partial charge in [0.2, 0.25) is 5.95 Å². The number of hydrogen-bond acceptors (Lipinski definition) is 6. The predicted octanol–water partition coefficient (Wildman–Crippen LogP) is 0.104. The molecule has 1 heterocycles. The molecule has 8 heteroatoms. The second-order valence-electron chi connectivity index (χ2n) is 4.29. The number of carbonyl (C=O) groups is 1. The lowest BCUT2D eigenvalue weighted by atomic mass is 10.1. The van der Waals surface area contributed by atoms with Crippen molar-refractivity contribution in [2.24, 2.45) is 5.10 Å². The van der Waals surface area contributed by atoms with E-state index in [-0.39, 0.29) is 18.4 Å². The van der Waals surface area contributed by atoms with Gasteiger partial charge >= 0.3 is 0 Å². The average Bonchev–Trinajstić information content (AvgIpc) is 2.82. The molecule has 0 aliphatic carbocycles. The Hall–Kier alpha value is -2.77. The third kappa shape index (κ3) is 3.37. The minimum Gasteiger partial charge on any atom is -0.367 e. The van der Waals surface area contributed by atoms with Gasteiger partial charge in [0.25, 0.3) is 5.91 Å². The SMILES string of the molecule is CC(=NNC(=O)Cn1nnnc1N)c1ccc(C)cc1. The normalized spacial score (nSPS) is 11.4. The molecule has 2 aromatic rings. The van der Waals surface area contributed by atoms with Crippen LogP contribution in [-0.2, 0) is 11.3 Å². The first kappa shape index (κ1) is 13.7. The molecule has 1 aromatic carbocycles. The number of nitrogens with zero attached hydrogens (tertiary/aromatic N) is 5. The fraction of sp³-hybridized carbons (Fsp3) is 0.250.